The summed E-state index contributed by atoms with van der Waals surface area (Å²) in [6, 6.07) is 26.9. The van der Waals surface area contributed by atoms with Crippen molar-refractivity contribution in [2.24, 2.45) is 4.99 Å². The summed E-state index contributed by atoms with van der Waals surface area (Å²) in [5.74, 6) is 1.93. The Morgan fingerprint density at radius 3 is 2.19 bits per heavy atom. The second-order valence-electron chi connectivity index (χ2n) is 5.54. The Balaban J connectivity index is 1.88. The van der Waals surface area contributed by atoms with Gasteiger partial charge in [0.1, 0.15) is 11.5 Å². The summed E-state index contributed by atoms with van der Waals surface area (Å²) in [6.07, 6.45) is 1.65. The van der Waals surface area contributed by atoms with Crippen LogP contribution in [0.25, 0.3) is 0 Å². The molecule has 0 N–H and O–H groups in total. The lowest BCUT2D eigenvalue weighted by Gasteiger charge is -2.10. The van der Waals surface area contributed by atoms with E-state index in [9.17, 15) is 0 Å². The standard InChI is InChI=1S/C22H18BrNO2/c1-17(16-25-20-12-6-3-7-13-20)22(24-19-10-4-2-5-11-19)26-21-14-8-9-18(23)15-21/h2-16H,1H3/b17-16+,24-22+. The fourth-order valence-corrected chi connectivity index (χ4v) is 2.54. The summed E-state index contributed by atoms with van der Waals surface area (Å²) in [7, 11) is 0. The van der Waals surface area contributed by atoms with Gasteiger partial charge >= 0.3 is 0 Å². The molecule has 0 aliphatic heterocycles. The van der Waals surface area contributed by atoms with Crippen LogP contribution in [0.4, 0.5) is 5.69 Å². The quantitative estimate of drug-likeness (QED) is 0.273. The molecule has 0 unspecified atom stereocenters. The zero-order valence-corrected chi connectivity index (χ0v) is 15.9. The third kappa shape index (κ3) is 5.33. The minimum atomic E-state index is 0.477. The van der Waals surface area contributed by atoms with Crippen LogP contribution in [0.3, 0.4) is 0 Å². The SMILES string of the molecule is CC(=C\Oc1ccccc1)/C(=N\c1ccccc1)Oc1cccc(Br)c1. The maximum atomic E-state index is 6.02. The predicted molar refractivity (Wildman–Crippen MR) is 109 cm³/mol. The van der Waals surface area contributed by atoms with Crippen molar-refractivity contribution in [2.45, 2.75) is 6.92 Å². The lowest BCUT2D eigenvalue weighted by Crippen LogP contribution is -2.10. The molecule has 26 heavy (non-hydrogen) atoms. The van der Waals surface area contributed by atoms with Crippen LogP contribution in [0.15, 0.2) is 106 Å². The van der Waals surface area contributed by atoms with Crippen molar-refractivity contribution in [1.29, 1.82) is 0 Å². The van der Waals surface area contributed by atoms with Crippen molar-refractivity contribution in [1.82, 2.24) is 0 Å². The van der Waals surface area contributed by atoms with E-state index in [0.29, 0.717) is 11.6 Å². The Bertz CT molecular complexity index is 906. The van der Waals surface area contributed by atoms with Crippen LogP contribution in [0.5, 0.6) is 11.5 Å². The Kier molecular flexibility index (Phi) is 6.23. The summed E-state index contributed by atoms with van der Waals surface area (Å²) >= 11 is 3.46. The highest BCUT2D eigenvalue weighted by Gasteiger charge is 2.08. The molecule has 0 aliphatic carbocycles. The summed E-state index contributed by atoms with van der Waals surface area (Å²) in [5, 5.41) is 0. The molecule has 3 aromatic carbocycles. The highest BCUT2D eigenvalue weighted by atomic mass is 79.9. The third-order valence-corrected chi connectivity index (χ3v) is 3.94. The van der Waals surface area contributed by atoms with Gasteiger partial charge in [-0.3, -0.25) is 0 Å². The van der Waals surface area contributed by atoms with Gasteiger partial charge in [0.15, 0.2) is 0 Å². The molecule has 0 aromatic heterocycles. The van der Waals surface area contributed by atoms with Crippen LogP contribution >= 0.6 is 15.9 Å². The van der Waals surface area contributed by atoms with Crippen LogP contribution in [0.2, 0.25) is 0 Å². The van der Waals surface area contributed by atoms with Crippen LogP contribution in [0.1, 0.15) is 6.92 Å². The smallest absolute Gasteiger partial charge is 0.225 e. The Morgan fingerprint density at radius 1 is 0.846 bits per heavy atom. The van der Waals surface area contributed by atoms with Gasteiger partial charge in [0.05, 0.1) is 11.9 Å². The molecule has 0 bridgehead atoms. The van der Waals surface area contributed by atoms with E-state index in [1.807, 2.05) is 91.9 Å². The number of hydrogen-bond acceptors (Lipinski definition) is 3. The molecular formula is C22H18BrNO2. The first kappa shape index (κ1) is 18.0. The molecule has 3 rings (SSSR count). The Hall–Kier alpha value is -2.85. The van der Waals surface area contributed by atoms with Crippen LogP contribution in [-0.4, -0.2) is 5.90 Å². The number of nitrogens with zero attached hydrogens (tertiary/aromatic N) is 1. The van der Waals surface area contributed by atoms with Crippen LogP contribution in [0, 0.1) is 0 Å². The van der Waals surface area contributed by atoms with E-state index in [0.717, 1.165) is 21.5 Å². The molecular weight excluding hydrogens is 390 g/mol. The number of ether oxygens (including phenoxy) is 2. The first-order valence-electron chi connectivity index (χ1n) is 8.17. The number of benzene rings is 3. The highest BCUT2D eigenvalue weighted by molar-refractivity contribution is 9.10. The number of hydrogen-bond donors (Lipinski definition) is 0. The van der Waals surface area contributed by atoms with E-state index in [1.165, 1.54) is 0 Å². The summed E-state index contributed by atoms with van der Waals surface area (Å²) in [6.45, 7) is 1.91. The minimum absolute atomic E-state index is 0.477. The van der Waals surface area contributed by atoms with E-state index in [-0.39, 0.29) is 0 Å². The first-order valence-corrected chi connectivity index (χ1v) is 8.96. The summed E-state index contributed by atoms with van der Waals surface area (Å²) in [5.41, 5.74) is 1.59. The lowest BCUT2D eigenvalue weighted by atomic mass is 10.3. The second kappa shape index (κ2) is 9.02. The summed E-state index contributed by atoms with van der Waals surface area (Å²) in [4.78, 5) is 4.63. The molecule has 0 fully saturated rings. The molecule has 0 atom stereocenters. The fourth-order valence-electron chi connectivity index (χ4n) is 2.16. The van der Waals surface area contributed by atoms with Crippen molar-refractivity contribution in [3.05, 3.63) is 101 Å². The minimum Gasteiger partial charge on any atom is -0.465 e. The van der Waals surface area contributed by atoms with Crippen LogP contribution in [-0.2, 0) is 0 Å². The van der Waals surface area contributed by atoms with Gasteiger partial charge in [-0.15, -0.1) is 0 Å². The molecule has 0 saturated heterocycles. The maximum absolute atomic E-state index is 6.02. The van der Waals surface area contributed by atoms with E-state index in [1.54, 1.807) is 6.26 Å². The highest BCUT2D eigenvalue weighted by Crippen LogP contribution is 2.21. The van der Waals surface area contributed by atoms with Gasteiger partial charge in [-0.2, -0.15) is 0 Å². The van der Waals surface area contributed by atoms with E-state index >= 15 is 0 Å². The zero-order chi connectivity index (χ0) is 18.2. The first-order chi connectivity index (χ1) is 12.7. The van der Waals surface area contributed by atoms with Gasteiger partial charge < -0.3 is 9.47 Å². The number of rotatable bonds is 5. The van der Waals surface area contributed by atoms with Crippen molar-refractivity contribution >= 4 is 27.5 Å². The van der Waals surface area contributed by atoms with Gasteiger partial charge in [-0.05, 0) is 49.4 Å². The largest absolute Gasteiger partial charge is 0.465 e. The molecule has 3 aromatic rings. The third-order valence-electron chi connectivity index (χ3n) is 3.45. The number of aliphatic imine (C=N–C) groups is 1. The number of para-hydroxylation sites is 2. The zero-order valence-electron chi connectivity index (χ0n) is 14.3. The van der Waals surface area contributed by atoms with Crippen molar-refractivity contribution in [2.75, 3.05) is 0 Å². The maximum Gasteiger partial charge on any atom is 0.225 e. The van der Waals surface area contributed by atoms with Crippen LogP contribution < -0.4 is 9.47 Å². The van der Waals surface area contributed by atoms with E-state index < -0.39 is 0 Å². The van der Waals surface area contributed by atoms with Gasteiger partial charge in [0.2, 0.25) is 5.90 Å². The Morgan fingerprint density at radius 2 is 1.50 bits per heavy atom. The molecule has 0 aliphatic rings. The molecule has 0 spiro atoms. The monoisotopic (exact) mass is 407 g/mol. The van der Waals surface area contributed by atoms with Crippen molar-refractivity contribution in [3.8, 4) is 11.5 Å². The topological polar surface area (TPSA) is 30.8 Å². The normalized spacial score (nSPS) is 11.9. The van der Waals surface area contributed by atoms with E-state index in [4.69, 9.17) is 9.47 Å². The fraction of sp³-hybridized carbons (Fsp3) is 0.0455. The molecule has 0 heterocycles. The predicted octanol–water partition coefficient (Wildman–Crippen LogP) is 6.54. The van der Waals surface area contributed by atoms with Crippen molar-refractivity contribution < 1.29 is 9.47 Å². The van der Waals surface area contributed by atoms with Gasteiger partial charge in [0.25, 0.3) is 0 Å². The average Bonchev–Trinajstić information content (AvgIpc) is 2.67. The van der Waals surface area contributed by atoms with E-state index in [2.05, 4.69) is 20.9 Å². The molecule has 0 radical (unpaired) electrons. The Labute approximate surface area is 161 Å². The molecule has 3 nitrogen and oxygen atoms in total. The molecule has 0 amide bonds. The average molecular weight is 408 g/mol. The molecule has 0 saturated carbocycles. The molecule has 4 heteroatoms. The van der Waals surface area contributed by atoms with Gasteiger partial charge in [0, 0.05) is 10.0 Å². The van der Waals surface area contributed by atoms with Gasteiger partial charge in [-0.25, -0.2) is 4.99 Å². The number of halogens is 1. The second-order valence-corrected chi connectivity index (χ2v) is 6.46. The lowest BCUT2D eigenvalue weighted by molar-refractivity contribution is 0.473. The van der Waals surface area contributed by atoms with Gasteiger partial charge in [-0.1, -0.05) is 58.4 Å². The van der Waals surface area contributed by atoms with Crippen molar-refractivity contribution in [3.63, 3.8) is 0 Å². The summed E-state index contributed by atoms with van der Waals surface area (Å²) < 4.78 is 12.7. The molecule has 130 valence electrons.